The largest absolute Gasteiger partial charge is 0.481 e. The summed E-state index contributed by atoms with van der Waals surface area (Å²) in [6.07, 6.45) is -0.314. The van der Waals surface area contributed by atoms with Crippen molar-refractivity contribution in [3.8, 4) is 0 Å². The Morgan fingerprint density at radius 1 is 1.21 bits per heavy atom. The molecule has 6 heteroatoms. The van der Waals surface area contributed by atoms with Crippen LogP contribution in [0.3, 0.4) is 0 Å². The molecule has 19 heavy (non-hydrogen) atoms. The number of carbonyl (C=O) groups excluding carboxylic acids is 1. The van der Waals surface area contributed by atoms with Crippen LogP contribution >= 0.6 is 0 Å². The summed E-state index contributed by atoms with van der Waals surface area (Å²) in [5.41, 5.74) is -1.54. The predicted octanol–water partition coefficient (Wildman–Crippen LogP) is 2.03. The lowest BCUT2D eigenvalue weighted by Gasteiger charge is -2.27. The van der Waals surface area contributed by atoms with Gasteiger partial charge in [-0.25, -0.2) is 4.79 Å². The third kappa shape index (κ3) is 7.66. The van der Waals surface area contributed by atoms with E-state index in [0.29, 0.717) is 0 Å². The second-order valence-corrected chi connectivity index (χ2v) is 6.19. The third-order valence-electron chi connectivity index (χ3n) is 2.42. The van der Waals surface area contributed by atoms with Gasteiger partial charge in [-0.2, -0.15) is 0 Å². The predicted molar refractivity (Wildman–Crippen MR) is 71.1 cm³/mol. The molecule has 0 aromatic rings. The van der Waals surface area contributed by atoms with Crippen LogP contribution in [0.5, 0.6) is 0 Å². The average molecular weight is 275 g/mol. The summed E-state index contributed by atoms with van der Waals surface area (Å²) >= 11 is 0. The third-order valence-corrected chi connectivity index (χ3v) is 2.42. The minimum absolute atomic E-state index is 0.232. The molecular weight excluding hydrogens is 250 g/mol. The van der Waals surface area contributed by atoms with E-state index in [1.54, 1.807) is 34.6 Å². The number of carboxylic acid groups (broad SMARTS) is 1. The summed E-state index contributed by atoms with van der Waals surface area (Å²) in [5.74, 6) is -0.917. The van der Waals surface area contributed by atoms with Crippen LogP contribution in [0.4, 0.5) is 4.79 Å². The summed E-state index contributed by atoms with van der Waals surface area (Å²) < 4.78 is 10.1. The fraction of sp³-hybridized carbons (Fsp3) is 0.846. The van der Waals surface area contributed by atoms with Gasteiger partial charge in [0.05, 0.1) is 18.1 Å². The Morgan fingerprint density at radius 3 is 2.11 bits per heavy atom. The number of ether oxygens (including phenoxy) is 2. The second kappa shape index (κ2) is 6.75. The number of carbonyl (C=O) groups is 2. The molecule has 0 aliphatic heterocycles. The lowest BCUT2D eigenvalue weighted by Crippen LogP contribution is -2.44. The van der Waals surface area contributed by atoms with Crippen LogP contribution in [-0.2, 0) is 14.3 Å². The molecule has 0 heterocycles. The molecule has 6 nitrogen and oxygen atoms in total. The summed E-state index contributed by atoms with van der Waals surface area (Å²) in [4.78, 5) is 22.8. The van der Waals surface area contributed by atoms with Gasteiger partial charge in [-0.15, -0.1) is 0 Å². The van der Waals surface area contributed by atoms with E-state index < -0.39 is 29.1 Å². The molecule has 0 aliphatic rings. The number of aliphatic carboxylic acids is 1. The molecule has 0 aromatic heterocycles. The lowest BCUT2D eigenvalue weighted by atomic mass is 9.86. The standard InChI is InChI=1S/C13H25NO5/c1-12(2,3)19-11(17)14-9(8-18-6)7-13(4,5)10(15)16/h9H,7-8H2,1-6H3,(H,14,17)(H,15,16). The van der Waals surface area contributed by atoms with E-state index in [0.717, 1.165) is 0 Å². The number of amides is 1. The van der Waals surface area contributed by atoms with Gasteiger partial charge in [-0.05, 0) is 41.0 Å². The summed E-state index contributed by atoms with van der Waals surface area (Å²) in [7, 11) is 1.50. The fourth-order valence-electron chi connectivity index (χ4n) is 1.53. The van der Waals surface area contributed by atoms with Crippen molar-refractivity contribution in [2.45, 2.75) is 52.7 Å². The van der Waals surface area contributed by atoms with Gasteiger partial charge in [0, 0.05) is 7.11 Å². The molecule has 0 saturated carbocycles. The minimum Gasteiger partial charge on any atom is -0.481 e. The van der Waals surface area contributed by atoms with Gasteiger partial charge in [0.1, 0.15) is 5.60 Å². The molecule has 0 aliphatic carbocycles. The summed E-state index contributed by atoms with van der Waals surface area (Å²) in [6.45, 7) is 8.73. The van der Waals surface area contributed by atoms with Crippen LogP contribution < -0.4 is 5.32 Å². The first-order chi connectivity index (χ1) is 8.48. The highest BCUT2D eigenvalue weighted by molar-refractivity contribution is 5.74. The summed E-state index contributed by atoms with van der Waals surface area (Å²) in [5, 5.41) is 11.7. The zero-order valence-electron chi connectivity index (χ0n) is 12.6. The fourth-order valence-corrected chi connectivity index (χ4v) is 1.53. The van der Waals surface area contributed by atoms with Crippen LogP contribution in [0, 0.1) is 5.41 Å². The molecule has 0 saturated heterocycles. The molecule has 112 valence electrons. The maximum atomic E-state index is 11.7. The van der Waals surface area contributed by atoms with E-state index in [1.807, 2.05) is 0 Å². The Labute approximate surface area is 114 Å². The number of hydrogen-bond donors (Lipinski definition) is 2. The first kappa shape index (κ1) is 17.7. The minimum atomic E-state index is -0.946. The Kier molecular flexibility index (Phi) is 6.29. The van der Waals surface area contributed by atoms with Crippen molar-refractivity contribution in [2.75, 3.05) is 13.7 Å². The van der Waals surface area contributed by atoms with Gasteiger partial charge in [0.25, 0.3) is 0 Å². The number of rotatable bonds is 6. The Morgan fingerprint density at radius 2 is 1.74 bits per heavy atom. The molecule has 0 radical (unpaired) electrons. The summed E-state index contributed by atoms with van der Waals surface area (Å²) in [6, 6.07) is -0.411. The highest BCUT2D eigenvalue weighted by atomic mass is 16.6. The van der Waals surface area contributed by atoms with E-state index in [1.165, 1.54) is 7.11 Å². The molecular formula is C13H25NO5. The SMILES string of the molecule is COCC(CC(C)(C)C(=O)O)NC(=O)OC(C)(C)C. The van der Waals surface area contributed by atoms with Crippen LogP contribution in [0.15, 0.2) is 0 Å². The molecule has 0 fully saturated rings. The maximum Gasteiger partial charge on any atom is 0.407 e. The van der Waals surface area contributed by atoms with Crippen molar-refractivity contribution in [3.63, 3.8) is 0 Å². The Balaban J connectivity index is 4.58. The van der Waals surface area contributed by atoms with E-state index in [-0.39, 0.29) is 13.0 Å². The molecule has 1 amide bonds. The number of nitrogens with one attached hydrogen (secondary N) is 1. The van der Waals surface area contributed by atoms with Crippen LogP contribution in [0.2, 0.25) is 0 Å². The number of methoxy groups -OCH3 is 1. The Hall–Kier alpha value is -1.30. The van der Waals surface area contributed by atoms with Crippen molar-refractivity contribution >= 4 is 12.1 Å². The number of carboxylic acids is 1. The van der Waals surface area contributed by atoms with E-state index in [4.69, 9.17) is 14.6 Å². The molecule has 0 bridgehead atoms. The smallest absolute Gasteiger partial charge is 0.407 e. The molecule has 0 aromatic carbocycles. The molecule has 1 atom stereocenters. The van der Waals surface area contributed by atoms with Gasteiger partial charge >= 0.3 is 12.1 Å². The molecule has 0 spiro atoms. The second-order valence-electron chi connectivity index (χ2n) is 6.19. The lowest BCUT2D eigenvalue weighted by molar-refractivity contribution is -0.147. The van der Waals surface area contributed by atoms with E-state index in [9.17, 15) is 9.59 Å². The molecule has 0 rings (SSSR count). The van der Waals surface area contributed by atoms with Crippen LogP contribution in [-0.4, -0.2) is 42.5 Å². The first-order valence-electron chi connectivity index (χ1n) is 6.20. The quantitative estimate of drug-likeness (QED) is 0.774. The number of hydrogen-bond acceptors (Lipinski definition) is 4. The van der Waals surface area contributed by atoms with Gasteiger partial charge in [-0.3, -0.25) is 4.79 Å². The van der Waals surface area contributed by atoms with Crippen molar-refractivity contribution in [2.24, 2.45) is 5.41 Å². The molecule has 1 unspecified atom stereocenters. The van der Waals surface area contributed by atoms with Gasteiger partial charge in [0.15, 0.2) is 0 Å². The maximum absolute atomic E-state index is 11.7. The van der Waals surface area contributed by atoms with Gasteiger partial charge < -0.3 is 19.9 Å². The highest BCUT2D eigenvalue weighted by Gasteiger charge is 2.32. The van der Waals surface area contributed by atoms with Gasteiger partial charge in [-0.1, -0.05) is 0 Å². The Bertz CT molecular complexity index is 319. The number of alkyl carbamates (subject to hydrolysis) is 1. The van der Waals surface area contributed by atoms with Gasteiger partial charge in [0.2, 0.25) is 0 Å². The zero-order chi connectivity index (χ0) is 15.3. The van der Waals surface area contributed by atoms with Crippen molar-refractivity contribution < 1.29 is 24.2 Å². The molecule has 2 N–H and O–H groups in total. The monoisotopic (exact) mass is 275 g/mol. The normalized spacial score (nSPS) is 13.8. The average Bonchev–Trinajstić information content (AvgIpc) is 2.13. The van der Waals surface area contributed by atoms with E-state index in [2.05, 4.69) is 5.32 Å². The van der Waals surface area contributed by atoms with Crippen molar-refractivity contribution in [3.05, 3.63) is 0 Å². The van der Waals surface area contributed by atoms with E-state index >= 15 is 0 Å². The van der Waals surface area contributed by atoms with Crippen LogP contribution in [0.25, 0.3) is 0 Å². The topological polar surface area (TPSA) is 84.9 Å². The van der Waals surface area contributed by atoms with Crippen LogP contribution in [0.1, 0.15) is 41.0 Å². The highest BCUT2D eigenvalue weighted by Crippen LogP contribution is 2.23. The zero-order valence-corrected chi connectivity index (χ0v) is 12.6. The first-order valence-corrected chi connectivity index (χ1v) is 6.20. The van der Waals surface area contributed by atoms with Crippen molar-refractivity contribution in [1.29, 1.82) is 0 Å². The van der Waals surface area contributed by atoms with Crippen molar-refractivity contribution in [1.82, 2.24) is 5.32 Å².